The van der Waals surface area contributed by atoms with Gasteiger partial charge in [0.25, 0.3) is 0 Å². The minimum Gasteiger partial charge on any atom is -0.356 e. The predicted octanol–water partition coefficient (Wildman–Crippen LogP) is 3.61. The van der Waals surface area contributed by atoms with Crippen LogP contribution in [0.25, 0.3) is 0 Å². The van der Waals surface area contributed by atoms with E-state index >= 15 is 0 Å². The van der Waals surface area contributed by atoms with Gasteiger partial charge >= 0.3 is 0 Å². The minimum atomic E-state index is 0.182. The van der Waals surface area contributed by atoms with E-state index < -0.39 is 0 Å². The van der Waals surface area contributed by atoms with Crippen molar-refractivity contribution in [3.63, 3.8) is 0 Å². The number of amides is 1. The molecule has 0 spiro atoms. The van der Waals surface area contributed by atoms with Crippen LogP contribution in [0.2, 0.25) is 0 Å². The van der Waals surface area contributed by atoms with Gasteiger partial charge in [0.2, 0.25) is 5.91 Å². The molecule has 0 aliphatic heterocycles. The second-order valence-electron chi connectivity index (χ2n) is 6.49. The van der Waals surface area contributed by atoms with Crippen molar-refractivity contribution in [2.45, 2.75) is 84.0 Å². The standard InChI is InChI=1S/C19H41N3O/c1-3-4-5-6-7-8-9-10-11-12-17-22-19(23)14-18-21-16-13-15-20-2/h20-21H,3-18H2,1-2H3,(H,22,23). The topological polar surface area (TPSA) is 53.2 Å². The Morgan fingerprint density at radius 2 is 1.30 bits per heavy atom. The summed E-state index contributed by atoms with van der Waals surface area (Å²) in [5, 5.41) is 9.42. The Hall–Kier alpha value is -0.610. The number of hydrogen-bond acceptors (Lipinski definition) is 3. The van der Waals surface area contributed by atoms with E-state index in [1.165, 1.54) is 57.8 Å². The Morgan fingerprint density at radius 1 is 0.696 bits per heavy atom. The van der Waals surface area contributed by atoms with E-state index in [0.717, 1.165) is 39.0 Å². The van der Waals surface area contributed by atoms with Gasteiger partial charge in [0, 0.05) is 19.5 Å². The third kappa shape index (κ3) is 19.3. The summed E-state index contributed by atoms with van der Waals surface area (Å²) in [5.41, 5.74) is 0. The van der Waals surface area contributed by atoms with Crippen molar-refractivity contribution in [3.8, 4) is 0 Å². The van der Waals surface area contributed by atoms with Gasteiger partial charge in [-0.05, 0) is 33.0 Å². The molecule has 0 aromatic rings. The van der Waals surface area contributed by atoms with Crippen molar-refractivity contribution < 1.29 is 4.79 Å². The summed E-state index contributed by atoms with van der Waals surface area (Å²) in [6.07, 6.45) is 15.1. The number of rotatable bonds is 18. The Morgan fingerprint density at radius 3 is 1.91 bits per heavy atom. The normalized spacial score (nSPS) is 10.9. The lowest BCUT2D eigenvalue weighted by molar-refractivity contribution is -0.121. The number of hydrogen-bond donors (Lipinski definition) is 3. The molecule has 138 valence electrons. The van der Waals surface area contributed by atoms with Crippen LogP contribution in [0.3, 0.4) is 0 Å². The van der Waals surface area contributed by atoms with Gasteiger partial charge in [0.05, 0.1) is 0 Å². The highest BCUT2D eigenvalue weighted by molar-refractivity contribution is 5.75. The highest BCUT2D eigenvalue weighted by atomic mass is 16.1. The number of nitrogens with one attached hydrogen (secondary N) is 3. The van der Waals surface area contributed by atoms with Crippen LogP contribution in [-0.4, -0.2) is 39.1 Å². The first-order valence-corrected chi connectivity index (χ1v) is 9.93. The quantitative estimate of drug-likeness (QED) is 0.337. The Kier molecular flexibility index (Phi) is 18.9. The molecular weight excluding hydrogens is 286 g/mol. The molecular formula is C19H41N3O. The molecule has 1 amide bonds. The molecule has 4 nitrogen and oxygen atoms in total. The molecule has 4 heteroatoms. The highest BCUT2D eigenvalue weighted by Gasteiger charge is 1.99. The average Bonchev–Trinajstić information content (AvgIpc) is 2.56. The first-order valence-electron chi connectivity index (χ1n) is 9.93. The van der Waals surface area contributed by atoms with Gasteiger partial charge in [-0.2, -0.15) is 0 Å². The Labute approximate surface area is 144 Å². The van der Waals surface area contributed by atoms with E-state index in [2.05, 4.69) is 22.9 Å². The SMILES string of the molecule is CCCCCCCCCCCCNC(=O)CCNCCCNC. The fourth-order valence-electron chi connectivity index (χ4n) is 2.65. The van der Waals surface area contributed by atoms with E-state index in [4.69, 9.17) is 0 Å². The van der Waals surface area contributed by atoms with E-state index in [0.29, 0.717) is 6.42 Å². The maximum atomic E-state index is 11.6. The van der Waals surface area contributed by atoms with Crippen LogP contribution in [0.1, 0.15) is 84.0 Å². The molecule has 0 unspecified atom stereocenters. The number of carbonyl (C=O) groups excluding carboxylic acids is 1. The summed E-state index contributed by atoms with van der Waals surface area (Å²) in [4.78, 5) is 11.6. The zero-order chi connectivity index (χ0) is 17.0. The maximum Gasteiger partial charge on any atom is 0.221 e. The highest BCUT2D eigenvalue weighted by Crippen LogP contribution is 2.10. The summed E-state index contributed by atoms with van der Waals surface area (Å²) in [6, 6.07) is 0. The fourth-order valence-corrected chi connectivity index (χ4v) is 2.65. The van der Waals surface area contributed by atoms with Gasteiger partial charge in [-0.15, -0.1) is 0 Å². The van der Waals surface area contributed by atoms with E-state index in [-0.39, 0.29) is 5.91 Å². The first kappa shape index (κ1) is 22.4. The van der Waals surface area contributed by atoms with Crippen LogP contribution >= 0.6 is 0 Å². The molecule has 0 saturated heterocycles. The summed E-state index contributed by atoms with van der Waals surface area (Å²) >= 11 is 0. The molecule has 0 rings (SSSR count). The van der Waals surface area contributed by atoms with E-state index in [9.17, 15) is 4.79 Å². The van der Waals surface area contributed by atoms with Crippen LogP contribution in [0.15, 0.2) is 0 Å². The van der Waals surface area contributed by atoms with Crippen molar-refractivity contribution >= 4 is 5.91 Å². The van der Waals surface area contributed by atoms with Crippen molar-refractivity contribution in [1.29, 1.82) is 0 Å². The molecule has 23 heavy (non-hydrogen) atoms. The van der Waals surface area contributed by atoms with Crippen molar-refractivity contribution in [3.05, 3.63) is 0 Å². The predicted molar refractivity (Wildman–Crippen MR) is 101 cm³/mol. The second-order valence-corrected chi connectivity index (χ2v) is 6.49. The summed E-state index contributed by atoms with van der Waals surface area (Å²) in [7, 11) is 1.96. The number of carbonyl (C=O) groups is 1. The minimum absolute atomic E-state index is 0.182. The summed E-state index contributed by atoms with van der Waals surface area (Å²) in [5.74, 6) is 0.182. The average molecular weight is 328 g/mol. The van der Waals surface area contributed by atoms with Crippen LogP contribution in [0, 0.1) is 0 Å². The lowest BCUT2D eigenvalue weighted by Gasteiger charge is -2.07. The Balaban J connectivity index is 3.11. The molecule has 3 N–H and O–H groups in total. The first-order chi connectivity index (χ1) is 11.3. The molecule has 0 radical (unpaired) electrons. The zero-order valence-corrected chi connectivity index (χ0v) is 15.7. The molecule has 0 bridgehead atoms. The smallest absolute Gasteiger partial charge is 0.221 e. The van der Waals surface area contributed by atoms with Gasteiger partial charge in [-0.25, -0.2) is 0 Å². The molecule has 0 heterocycles. The van der Waals surface area contributed by atoms with Crippen molar-refractivity contribution in [1.82, 2.24) is 16.0 Å². The maximum absolute atomic E-state index is 11.6. The fraction of sp³-hybridized carbons (Fsp3) is 0.947. The van der Waals surface area contributed by atoms with Crippen molar-refractivity contribution in [2.24, 2.45) is 0 Å². The third-order valence-corrected chi connectivity index (χ3v) is 4.16. The van der Waals surface area contributed by atoms with E-state index in [1.54, 1.807) is 0 Å². The summed E-state index contributed by atoms with van der Waals surface area (Å²) in [6.45, 7) is 5.90. The van der Waals surface area contributed by atoms with Gasteiger partial charge < -0.3 is 16.0 Å². The monoisotopic (exact) mass is 327 g/mol. The van der Waals surface area contributed by atoms with E-state index in [1.807, 2.05) is 7.05 Å². The van der Waals surface area contributed by atoms with Gasteiger partial charge in [0.15, 0.2) is 0 Å². The zero-order valence-electron chi connectivity index (χ0n) is 15.7. The molecule has 0 aliphatic carbocycles. The second kappa shape index (κ2) is 19.4. The van der Waals surface area contributed by atoms with Crippen LogP contribution < -0.4 is 16.0 Å². The van der Waals surface area contributed by atoms with Crippen molar-refractivity contribution in [2.75, 3.05) is 33.2 Å². The molecule has 0 fully saturated rings. The van der Waals surface area contributed by atoms with Crippen LogP contribution in [0.5, 0.6) is 0 Å². The molecule has 0 atom stereocenters. The van der Waals surface area contributed by atoms with Crippen LogP contribution in [-0.2, 0) is 4.79 Å². The van der Waals surface area contributed by atoms with Gasteiger partial charge in [0.1, 0.15) is 0 Å². The van der Waals surface area contributed by atoms with Gasteiger partial charge in [-0.3, -0.25) is 4.79 Å². The molecule has 0 aliphatic rings. The lowest BCUT2D eigenvalue weighted by Crippen LogP contribution is -2.29. The molecule has 0 saturated carbocycles. The Bertz CT molecular complexity index is 247. The molecule has 0 aromatic carbocycles. The number of unbranched alkanes of at least 4 members (excludes halogenated alkanes) is 9. The van der Waals surface area contributed by atoms with Crippen LogP contribution in [0.4, 0.5) is 0 Å². The van der Waals surface area contributed by atoms with Gasteiger partial charge in [-0.1, -0.05) is 64.7 Å². The molecule has 0 aromatic heterocycles. The lowest BCUT2D eigenvalue weighted by atomic mass is 10.1. The summed E-state index contributed by atoms with van der Waals surface area (Å²) < 4.78 is 0. The largest absolute Gasteiger partial charge is 0.356 e. The third-order valence-electron chi connectivity index (χ3n) is 4.16.